The second-order valence-electron chi connectivity index (χ2n) is 16.4. The molecule has 4 amide bonds. The highest BCUT2D eigenvalue weighted by Crippen LogP contribution is 2.36. The van der Waals surface area contributed by atoms with Gasteiger partial charge in [0.1, 0.15) is 0 Å². The first-order chi connectivity index (χ1) is 31.4. The molecule has 0 aromatic heterocycles. The summed E-state index contributed by atoms with van der Waals surface area (Å²) < 4.78 is 0. The van der Waals surface area contributed by atoms with Crippen molar-refractivity contribution < 1.29 is 19.2 Å². The van der Waals surface area contributed by atoms with Crippen LogP contribution in [0.4, 0.5) is 11.4 Å². The maximum Gasteiger partial charge on any atom is 0.265 e. The molecule has 0 saturated heterocycles. The van der Waals surface area contributed by atoms with Crippen LogP contribution in [0, 0.1) is 0 Å². The quantitative estimate of drug-likeness (QED) is 0.124. The standard InChI is InChI=1S/C58H34N2O4/c61-55-49-9-1-5-39-6-2-10-50(53(39)49)56(62)59(55)47-27-23-37(24-28-47)43-21-19-41-31-35(15-17-45(41)33-43)13-14-36-16-18-46-34-44(22-20-42(46)32-36)38-25-29-48(30-26-38)60-57(63)51-11-3-7-40-8-4-12-52(54(40)51)58(60)64/h1-34H/b14-13+. The molecule has 0 spiro atoms. The average Bonchev–Trinajstić information content (AvgIpc) is 3.34. The van der Waals surface area contributed by atoms with Gasteiger partial charge in [-0.3, -0.25) is 19.2 Å². The van der Waals surface area contributed by atoms with Crippen LogP contribution in [0.3, 0.4) is 0 Å². The van der Waals surface area contributed by atoms with Crippen molar-refractivity contribution >= 4 is 90.2 Å². The van der Waals surface area contributed by atoms with Gasteiger partial charge in [0.15, 0.2) is 0 Å². The minimum atomic E-state index is -0.313. The summed E-state index contributed by atoms with van der Waals surface area (Å²) in [5.74, 6) is -1.25. The van der Waals surface area contributed by atoms with Gasteiger partial charge in [-0.15, -0.1) is 0 Å². The van der Waals surface area contributed by atoms with Crippen molar-refractivity contribution in [1.29, 1.82) is 0 Å². The highest BCUT2D eigenvalue weighted by molar-refractivity contribution is 6.37. The van der Waals surface area contributed by atoms with Crippen molar-refractivity contribution in [1.82, 2.24) is 0 Å². The predicted molar refractivity (Wildman–Crippen MR) is 258 cm³/mol. The molecule has 300 valence electrons. The molecule has 10 aromatic carbocycles. The van der Waals surface area contributed by atoms with Gasteiger partial charge in [0, 0.05) is 33.0 Å². The Balaban J connectivity index is 0.736. The molecule has 6 heteroatoms. The van der Waals surface area contributed by atoms with Crippen LogP contribution in [0.15, 0.2) is 194 Å². The van der Waals surface area contributed by atoms with Gasteiger partial charge >= 0.3 is 0 Å². The lowest BCUT2D eigenvalue weighted by atomic mass is 9.93. The Labute approximate surface area is 367 Å². The summed E-state index contributed by atoms with van der Waals surface area (Å²) in [6.07, 6.45) is 4.25. The summed E-state index contributed by atoms with van der Waals surface area (Å²) in [7, 11) is 0. The van der Waals surface area contributed by atoms with Crippen LogP contribution in [0.5, 0.6) is 0 Å². The third-order valence-corrected chi connectivity index (χ3v) is 12.7. The van der Waals surface area contributed by atoms with E-state index in [0.717, 1.165) is 65.7 Å². The Bertz CT molecular complexity index is 3350. The fourth-order valence-corrected chi connectivity index (χ4v) is 9.42. The van der Waals surface area contributed by atoms with E-state index in [4.69, 9.17) is 0 Å². The zero-order valence-corrected chi connectivity index (χ0v) is 34.2. The topological polar surface area (TPSA) is 74.8 Å². The van der Waals surface area contributed by atoms with Crippen LogP contribution < -0.4 is 9.80 Å². The van der Waals surface area contributed by atoms with Crippen LogP contribution in [0.25, 0.3) is 77.5 Å². The fraction of sp³-hybridized carbons (Fsp3) is 0. The van der Waals surface area contributed by atoms with Crippen molar-refractivity contribution in [2.75, 3.05) is 9.80 Å². The van der Waals surface area contributed by atoms with E-state index in [1.807, 2.05) is 97.1 Å². The molecule has 12 rings (SSSR count). The van der Waals surface area contributed by atoms with Crippen molar-refractivity contribution in [3.8, 4) is 22.3 Å². The first-order valence-electron chi connectivity index (χ1n) is 21.1. The van der Waals surface area contributed by atoms with E-state index in [1.54, 1.807) is 24.3 Å². The van der Waals surface area contributed by atoms with Crippen molar-refractivity contribution in [2.24, 2.45) is 0 Å². The van der Waals surface area contributed by atoms with Crippen LogP contribution in [-0.4, -0.2) is 23.6 Å². The molecule has 0 saturated carbocycles. The highest BCUT2D eigenvalue weighted by atomic mass is 16.2. The third kappa shape index (κ3) is 5.96. The number of imide groups is 2. The molecule has 0 radical (unpaired) electrons. The normalized spacial score (nSPS) is 13.6. The number of anilines is 2. The highest BCUT2D eigenvalue weighted by Gasteiger charge is 2.35. The lowest BCUT2D eigenvalue weighted by Gasteiger charge is -2.27. The van der Waals surface area contributed by atoms with E-state index in [9.17, 15) is 19.2 Å². The maximum absolute atomic E-state index is 13.6. The zero-order chi connectivity index (χ0) is 43.1. The summed E-state index contributed by atoms with van der Waals surface area (Å²) in [6.45, 7) is 0. The average molecular weight is 823 g/mol. The van der Waals surface area contributed by atoms with Crippen LogP contribution in [-0.2, 0) is 0 Å². The Hall–Kier alpha value is -8.74. The minimum Gasteiger partial charge on any atom is -0.268 e. The van der Waals surface area contributed by atoms with Gasteiger partial charge in [-0.05, 0) is 138 Å². The van der Waals surface area contributed by atoms with E-state index < -0.39 is 0 Å². The number of hydrogen-bond acceptors (Lipinski definition) is 4. The van der Waals surface area contributed by atoms with Gasteiger partial charge in [-0.2, -0.15) is 0 Å². The Morgan fingerprint density at radius 2 is 0.594 bits per heavy atom. The van der Waals surface area contributed by atoms with Gasteiger partial charge in [-0.25, -0.2) is 9.80 Å². The lowest BCUT2D eigenvalue weighted by molar-refractivity contribution is 0.0877. The van der Waals surface area contributed by atoms with Crippen molar-refractivity contribution in [3.05, 3.63) is 228 Å². The molecule has 0 unspecified atom stereocenters. The molecular weight excluding hydrogens is 789 g/mol. The zero-order valence-electron chi connectivity index (χ0n) is 34.2. The van der Waals surface area contributed by atoms with E-state index in [2.05, 4.69) is 84.9 Å². The van der Waals surface area contributed by atoms with Gasteiger partial charge in [0.25, 0.3) is 23.6 Å². The lowest BCUT2D eigenvalue weighted by Crippen LogP contribution is -2.40. The second-order valence-corrected chi connectivity index (χ2v) is 16.4. The van der Waals surface area contributed by atoms with E-state index in [-0.39, 0.29) is 23.6 Å². The first kappa shape index (κ1) is 37.1. The molecule has 0 fully saturated rings. The van der Waals surface area contributed by atoms with Gasteiger partial charge in [-0.1, -0.05) is 133 Å². The molecule has 10 aromatic rings. The predicted octanol–water partition coefficient (Wildman–Crippen LogP) is 13.4. The van der Waals surface area contributed by atoms with Gasteiger partial charge < -0.3 is 0 Å². The second kappa shape index (κ2) is 14.4. The number of rotatable bonds is 6. The summed E-state index contributed by atoms with van der Waals surface area (Å²) in [5, 5.41) is 7.66. The molecule has 0 bridgehead atoms. The molecule has 2 aliphatic rings. The number of hydrogen-bond donors (Lipinski definition) is 0. The van der Waals surface area contributed by atoms with E-state index in [0.29, 0.717) is 44.4 Å². The maximum atomic E-state index is 13.6. The van der Waals surface area contributed by atoms with Crippen molar-refractivity contribution in [2.45, 2.75) is 0 Å². The third-order valence-electron chi connectivity index (χ3n) is 12.7. The number of amides is 4. The van der Waals surface area contributed by atoms with Gasteiger partial charge in [0.05, 0.1) is 11.4 Å². The number of fused-ring (bicyclic) bond motifs is 2. The molecular formula is C58H34N2O4. The van der Waals surface area contributed by atoms with Crippen LogP contribution in [0.2, 0.25) is 0 Å². The minimum absolute atomic E-state index is 0.313. The van der Waals surface area contributed by atoms with E-state index >= 15 is 0 Å². The fourth-order valence-electron chi connectivity index (χ4n) is 9.42. The number of carbonyl (C=O) groups is 4. The molecule has 6 nitrogen and oxygen atoms in total. The largest absolute Gasteiger partial charge is 0.268 e. The molecule has 2 heterocycles. The summed E-state index contributed by atoms with van der Waals surface area (Å²) in [6, 6.07) is 63.1. The monoisotopic (exact) mass is 822 g/mol. The summed E-state index contributed by atoms with van der Waals surface area (Å²) in [5.41, 5.74) is 9.46. The summed E-state index contributed by atoms with van der Waals surface area (Å²) >= 11 is 0. The molecule has 0 atom stereocenters. The number of benzene rings is 10. The number of nitrogens with zero attached hydrogens (tertiary/aromatic N) is 2. The molecule has 0 N–H and O–H groups in total. The molecule has 0 aliphatic carbocycles. The molecule has 2 aliphatic heterocycles. The SMILES string of the molecule is O=C1c2cccc3cccc(c23)C(=O)N1c1ccc(-c2ccc3cc(/C=C/c4ccc5cc(-c6ccc(N7C(=O)c8cccc9cccc(c89)C7=O)cc6)ccc5c4)ccc3c2)cc1. The Morgan fingerprint density at radius 1 is 0.281 bits per heavy atom. The molecule has 64 heavy (non-hydrogen) atoms. The number of carbonyl (C=O) groups excluding carboxylic acids is 4. The van der Waals surface area contributed by atoms with E-state index in [1.165, 1.54) is 9.80 Å². The summed E-state index contributed by atoms with van der Waals surface area (Å²) in [4.78, 5) is 56.8. The van der Waals surface area contributed by atoms with Crippen LogP contribution in [0.1, 0.15) is 52.6 Å². The van der Waals surface area contributed by atoms with Crippen LogP contribution >= 0.6 is 0 Å². The Morgan fingerprint density at radius 3 is 0.953 bits per heavy atom. The first-order valence-corrected chi connectivity index (χ1v) is 21.1. The van der Waals surface area contributed by atoms with Gasteiger partial charge in [0.2, 0.25) is 0 Å². The Kier molecular flexibility index (Phi) is 8.36. The van der Waals surface area contributed by atoms with Crippen molar-refractivity contribution in [3.63, 3.8) is 0 Å². The smallest absolute Gasteiger partial charge is 0.265 e.